The van der Waals surface area contributed by atoms with E-state index in [0.29, 0.717) is 34.9 Å². The van der Waals surface area contributed by atoms with Crippen molar-refractivity contribution in [3.63, 3.8) is 0 Å². The first-order valence-electron chi connectivity index (χ1n) is 13.2. The summed E-state index contributed by atoms with van der Waals surface area (Å²) in [6.07, 6.45) is 1.50. The first-order chi connectivity index (χ1) is 20.9. The number of nitrogens with zero attached hydrogens (tertiary/aromatic N) is 2. The molecule has 0 bridgehead atoms. The van der Waals surface area contributed by atoms with Crippen molar-refractivity contribution in [1.82, 2.24) is 0 Å². The van der Waals surface area contributed by atoms with Crippen molar-refractivity contribution >= 4 is 50.1 Å². The summed E-state index contributed by atoms with van der Waals surface area (Å²) in [6.45, 7) is 0.460. The van der Waals surface area contributed by atoms with Crippen LogP contribution in [-0.2, 0) is 18.0 Å². The second-order valence-corrected chi connectivity index (χ2v) is 10.4. The van der Waals surface area contributed by atoms with Crippen LogP contribution < -0.4 is 14.8 Å². The number of ether oxygens (including phenoxy) is 2. The molecule has 0 aromatic heterocycles. The highest BCUT2D eigenvalue weighted by Gasteiger charge is 2.15. The van der Waals surface area contributed by atoms with Crippen LogP contribution in [0.3, 0.4) is 0 Å². The molecule has 0 fully saturated rings. The molecule has 0 heterocycles. The van der Waals surface area contributed by atoms with E-state index in [2.05, 4.69) is 21.2 Å². The quantitative estimate of drug-likeness (QED) is 0.0717. The fraction of sp³-hybridized carbons (Fsp3) is 0.0588. The van der Waals surface area contributed by atoms with Crippen LogP contribution in [-0.4, -0.2) is 10.8 Å². The Hall–Kier alpha value is -5.46. The Morgan fingerprint density at radius 1 is 0.884 bits per heavy atom. The predicted molar refractivity (Wildman–Crippen MR) is 169 cm³/mol. The number of anilines is 1. The summed E-state index contributed by atoms with van der Waals surface area (Å²) >= 11 is 3.41. The van der Waals surface area contributed by atoms with E-state index in [1.807, 2.05) is 60.7 Å². The van der Waals surface area contributed by atoms with Crippen molar-refractivity contribution in [3.8, 4) is 17.6 Å². The molecule has 0 atom stereocenters. The Balaban J connectivity index is 1.34. The van der Waals surface area contributed by atoms with Crippen LogP contribution in [0.5, 0.6) is 11.5 Å². The molecule has 0 radical (unpaired) electrons. The van der Waals surface area contributed by atoms with E-state index in [1.165, 1.54) is 18.2 Å². The zero-order chi connectivity index (χ0) is 30.2. The number of non-ortho nitro benzene ring substituents is 1. The number of benzene rings is 5. The van der Waals surface area contributed by atoms with Gasteiger partial charge in [-0.25, -0.2) is 0 Å². The van der Waals surface area contributed by atoms with Crippen molar-refractivity contribution in [2.24, 2.45) is 0 Å². The molecule has 5 rings (SSSR count). The lowest BCUT2D eigenvalue weighted by molar-refractivity contribution is -0.384. The molecule has 0 aliphatic rings. The lowest BCUT2D eigenvalue weighted by Gasteiger charge is -2.13. The second kappa shape index (κ2) is 13.5. The molecule has 0 unspecified atom stereocenters. The predicted octanol–water partition coefficient (Wildman–Crippen LogP) is 8.21. The monoisotopic (exact) mass is 633 g/mol. The van der Waals surface area contributed by atoms with Gasteiger partial charge in [0.15, 0.2) is 0 Å². The standard InChI is InChI=1S/C34H24BrN3O5/c35-27-11-8-23(9-12-27)21-42-30-15-13-28(14-16-30)37-34(39)26(20-36)19-32-31-7-2-1-5-25(31)10-17-33(32)43-22-24-4-3-6-29(18-24)38(40)41/h1-19H,21-22H2,(H,37,39)/b26-19+. The summed E-state index contributed by atoms with van der Waals surface area (Å²) in [6, 6.07) is 34.1. The fourth-order valence-electron chi connectivity index (χ4n) is 4.34. The molecule has 0 aliphatic carbocycles. The minimum Gasteiger partial charge on any atom is -0.489 e. The smallest absolute Gasteiger partial charge is 0.269 e. The maximum absolute atomic E-state index is 13.2. The van der Waals surface area contributed by atoms with Crippen molar-refractivity contribution in [2.75, 3.05) is 5.32 Å². The van der Waals surface area contributed by atoms with Gasteiger partial charge in [-0.05, 0) is 70.4 Å². The number of carbonyl (C=O) groups is 1. The average Bonchev–Trinajstić information content (AvgIpc) is 3.03. The summed E-state index contributed by atoms with van der Waals surface area (Å²) in [5.41, 5.74) is 2.53. The van der Waals surface area contributed by atoms with Gasteiger partial charge in [-0.1, -0.05) is 70.5 Å². The van der Waals surface area contributed by atoms with Gasteiger partial charge in [-0.15, -0.1) is 0 Å². The Morgan fingerprint density at radius 3 is 2.37 bits per heavy atom. The number of nitro groups is 1. The molecule has 0 aliphatic heterocycles. The van der Waals surface area contributed by atoms with Gasteiger partial charge in [0.1, 0.15) is 36.4 Å². The van der Waals surface area contributed by atoms with Crippen molar-refractivity contribution in [2.45, 2.75) is 13.2 Å². The van der Waals surface area contributed by atoms with Crippen LogP contribution in [0.25, 0.3) is 16.8 Å². The first-order valence-corrected chi connectivity index (χ1v) is 14.0. The molecule has 9 heteroatoms. The number of rotatable bonds is 10. The SMILES string of the molecule is N#C/C(=C\c1c(OCc2cccc([N+](=O)[O-])c2)ccc2ccccc12)C(=O)Nc1ccc(OCc2ccc(Br)cc2)cc1. The number of carbonyl (C=O) groups excluding carboxylic acids is 1. The number of nitriles is 1. The molecule has 0 spiro atoms. The number of amides is 1. The molecule has 5 aromatic carbocycles. The van der Waals surface area contributed by atoms with E-state index in [4.69, 9.17) is 9.47 Å². The van der Waals surface area contributed by atoms with E-state index in [9.17, 15) is 20.2 Å². The highest BCUT2D eigenvalue weighted by Crippen LogP contribution is 2.31. The molecule has 0 saturated heterocycles. The number of hydrogen-bond acceptors (Lipinski definition) is 6. The van der Waals surface area contributed by atoms with Gasteiger partial charge >= 0.3 is 0 Å². The minimum atomic E-state index is -0.580. The molecule has 5 aromatic rings. The van der Waals surface area contributed by atoms with Crippen LogP contribution in [0.4, 0.5) is 11.4 Å². The van der Waals surface area contributed by atoms with Crippen LogP contribution in [0, 0.1) is 21.4 Å². The van der Waals surface area contributed by atoms with Gasteiger partial charge in [-0.3, -0.25) is 14.9 Å². The summed E-state index contributed by atoms with van der Waals surface area (Å²) in [5, 5.41) is 25.5. The highest BCUT2D eigenvalue weighted by atomic mass is 79.9. The Labute approximate surface area is 256 Å². The van der Waals surface area contributed by atoms with Gasteiger partial charge < -0.3 is 14.8 Å². The van der Waals surface area contributed by atoms with Gasteiger partial charge in [-0.2, -0.15) is 5.26 Å². The van der Waals surface area contributed by atoms with E-state index >= 15 is 0 Å². The maximum Gasteiger partial charge on any atom is 0.269 e. The van der Waals surface area contributed by atoms with E-state index in [-0.39, 0.29) is 17.9 Å². The zero-order valence-corrected chi connectivity index (χ0v) is 24.3. The largest absolute Gasteiger partial charge is 0.489 e. The van der Waals surface area contributed by atoms with E-state index < -0.39 is 10.8 Å². The third kappa shape index (κ3) is 7.44. The third-order valence-corrected chi connectivity index (χ3v) is 7.06. The van der Waals surface area contributed by atoms with Crippen molar-refractivity contribution in [1.29, 1.82) is 5.26 Å². The molecule has 43 heavy (non-hydrogen) atoms. The second-order valence-electron chi connectivity index (χ2n) is 9.48. The lowest BCUT2D eigenvalue weighted by Crippen LogP contribution is -2.13. The topological polar surface area (TPSA) is 114 Å². The third-order valence-electron chi connectivity index (χ3n) is 6.53. The van der Waals surface area contributed by atoms with Crippen LogP contribution in [0.15, 0.2) is 119 Å². The maximum atomic E-state index is 13.2. The molecule has 212 valence electrons. The van der Waals surface area contributed by atoms with Gasteiger partial charge in [0.2, 0.25) is 0 Å². The summed E-state index contributed by atoms with van der Waals surface area (Å²) in [4.78, 5) is 23.9. The molecule has 8 nitrogen and oxygen atoms in total. The van der Waals surface area contributed by atoms with Crippen LogP contribution >= 0.6 is 15.9 Å². The first kappa shape index (κ1) is 29.0. The lowest BCUT2D eigenvalue weighted by atomic mass is 10.0. The number of nitro benzene ring substituents is 1. The Kier molecular flexibility index (Phi) is 9.10. The summed E-state index contributed by atoms with van der Waals surface area (Å²) in [7, 11) is 0. The number of fused-ring (bicyclic) bond motifs is 1. The van der Waals surface area contributed by atoms with E-state index in [1.54, 1.807) is 42.5 Å². The van der Waals surface area contributed by atoms with Crippen LogP contribution in [0.1, 0.15) is 16.7 Å². The molecular formula is C34H24BrN3O5. The normalized spacial score (nSPS) is 11.0. The van der Waals surface area contributed by atoms with Gasteiger partial charge in [0.05, 0.1) is 4.92 Å². The zero-order valence-electron chi connectivity index (χ0n) is 22.7. The Bertz CT molecular complexity index is 1860. The van der Waals surface area contributed by atoms with Gasteiger partial charge in [0.25, 0.3) is 11.6 Å². The summed E-state index contributed by atoms with van der Waals surface area (Å²) in [5.74, 6) is 0.486. The van der Waals surface area contributed by atoms with Crippen molar-refractivity contribution < 1.29 is 19.2 Å². The number of nitrogens with one attached hydrogen (secondary N) is 1. The number of halogens is 1. The van der Waals surface area contributed by atoms with Crippen LogP contribution in [0.2, 0.25) is 0 Å². The molecule has 1 N–H and O–H groups in total. The number of hydrogen-bond donors (Lipinski definition) is 1. The highest BCUT2D eigenvalue weighted by molar-refractivity contribution is 9.10. The Morgan fingerprint density at radius 2 is 1.63 bits per heavy atom. The minimum absolute atomic E-state index is 0.0349. The molecule has 1 amide bonds. The summed E-state index contributed by atoms with van der Waals surface area (Å²) < 4.78 is 12.9. The fourth-order valence-corrected chi connectivity index (χ4v) is 4.61. The van der Waals surface area contributed by atoms with E-state index in [0.717, 1.165) is 20.8 Å². The van der Waals surface area contributed by atoms with Gasteiger partial charge in [0, 0.05) is 27.9 Å². The molecular weight excluding hydrogens is 610 g/mol. The molecule has 0 saturated carbocycles. The van der Waals surface area contributed by atoms with Crippen molar-refractivity contribution in [3.05, 3.63) is 146 Å². The average molecular weight is 634 g/mol.